The molecule has 1 fully saturated rings. The maximum Gasteiger partial charge on any atom is 0.173 e. The van der Waals surface area contributed by atoms with Crippen LogP contribution in [0.2, 0.25) is 5.02 Å². The number of furan rings is 1. The molecule has 1 aromatic heterocycles. The predicted octanol–water partition coefficient (Wildman–Crippen LogP) is 5.57. The number of likely N-dealkylation sites (tertiary alicyclic amines) is 1. The van der Waals surface area contributed by atoms with Crippen LogP contribution in [0.15, 0.2) is 34.9 Å². The first-order chi connectivity index (χ1) is 14.5. The Hall–Kier alpha value is -1.76. The van der Waals surface area contributed by atoms with Gasteiger partial charge in [0.05, 0.1) is 25.6 Å². The van der Waals surface area contributed by atoms with Gasteiger partial charge in [-0.25, -0.2) is 0 Å². The molecule has 7 heteroatoms. The molecule has 1 atom stereocenters. The molecule has 1 unspecified atom stereocenters. The molecule has 2 heterocycles. The van der Waals surface area contributed by atoms with E-state index in [1.807, 2.05) is 31.2 Å². The number of benzene rings is 1. The molecular weight excluding hydrogens is 418 g/mol. The van der Waals surface area contributed by atoms with Gasteiger partial charge in [-0.2, -0.15) is 0 Å². The molecule has 5 nitrogen and oxygen atoms in total. The molecule has 0 bridgehead atoms. The Morgan fingerprint density at radius 1 is 1.43 bits per heavy atom. The first kappa shape index (κ1) is 22.9. The van der Waals surface area contributed by atoms with Crippen LogP contribution in [-0.2, 0) is 6.54 Å². The van der Waals surface area contributed by atoms with Gasteiger partial charge in [-0.05, 0) is 81.2 Å². The first-order valence-corrected chi connectivity index (χ1v) is 11.4. The summed E-state index contributed by atoms with van der Waals surface area (Å²) in [6, 6.07) is 7.67. The highest BCUT2D eigenvalue weighted by Gasteiger charge is 2.18. The zero-order valence-electron chi connectivity index (χ0n) is 18.1. The van der Waals surface area contributed by atoms with Crippen LogP contribution in [0.3, 0.4) is 0 Å². The van der Waals surface area contributed by atoms with Gasteiger partial charge in [-0.3, -0.25) is 0 Å². The van der Waals surface area contributed by atoms with E-state index in [0.29, 0.717) is 22.4 Å². The molecule has 1 aliphatic heterocycles. The van der Waals surface area contributed by atoms with Crippen LogP contribution >= 0.6 is 23.8 Å². The number of rotatable bonds is 8. The number of anilines is 1. The SMILES string of the molecule is COc1cc(Cl)c(C)cc1NC(=S)N(CCCN1CCCC(C)C1)Cc1ccco1. The van der Waals surface area contributed by atoms with Crippen molar-refractivity contribution < 1.29 is 9.15 Å². The molecule has 2 aromatic rings. The van der Waals surface area contributed by atoms with Gasteiger partial charge in [-0.1, -0.05) is 18.5 Å². The van der Waals surface area contributed by atoms with Crippen LogP contribution in [0, 0.1) is 12.8 Å². The number of piperidine rings is 1. The molecule has 1 aromatic carbocycles. The van der Waals surface area contributed by atoms with E-state index < -0.39 is 0 Å². The fraction of sp³-hybridized carbons (Fsp3) is 0.522. The van der Waals surface area contributed by atoms with Crippen molar-refractivity contribution in [2.24, 2.45) is 5.92 Å². The summed E-state index contributed by atoms with van der Waals surface area (Å²) in [5.41, 5.74) is 1.79. The number of methoxy groups -OCH3 is 1. The molecule has 1 aliphatic rings. The Morgan fingerprint density at radius 3 is 2.97 bits per heavy atom. The van der Waals surface area contributed by atoms with Crippen molar-refractivity contribution in [1.82, 2.24) is 9.80 Å². The van der Waals surface area contributed by atoms with Crippen LogP contribution in [-0.4, -0.2) is 48.2 Å². The Bertz CT molecular complexity index is 828. The third kappa shape index (κ3) is 6.37. The van der Waals surface area contributed by atoms with Crippen molar-refractivity contribution in [2.75, 3.05) is 38.6 Å². The van der Waals surface area contributed by atoms with E-state index in [1.165, 1.54) is 25.9 Å². The Kier molecular flexibility index (Phi) is 8.42. The largest absolute Gasteiger partial charge is 0.495 e. The summed E-state index contributed by atoms with van der Waals surface area (Å²) in [5.74, 6) is 2.36. The third-order valence-corrected chi connectivity index (χ3v) is 6.35. The molecular formula is C23H32ClN3O2S. The quantitative estimate of drug-likeness (QED) is 0.531. The van der Waals surface area contributed by atoms with Gasteiger partial charge in [0, 0.05) is 24.2 Å². The molecule has 0 spiro atoms. The molecule has 3 rings (SSSR count). The summed E-state index contributed by atoms with van der Waals surface area (Å²) in [4.78, 5) is 4.73. The van der Waals surface area contributed by atoms with Crippen molar-refractivity contribution in [1.29, 1.82) is 0 Å². The summed E-state index contributed by atoms with van der Waals surface area (Å²) < 4.78 is 11.1. The monoisotopic (exact) mass is 449 g/mol. The van der Waals surface area contributed by atoms with E-state index in [0.717, 1.165) is 42.4 Å². The van der Waals surface area contributed by atoms with Crippen molar-refractivity contribution in [3.8, 4) is 5.75 Å². The zero-order valence-corrected chi connectivity index (χ0v) is 19.7. The van der Waals surface area contributed by atoms with Crippen molar-refractivity contribution >= 4 is 34.6 Å². The fourth-order valence-electron chi connectivity index (χ4n) is 3.94. The van der Waals surface area contributed by atoms with E-state index >= 15 is 0 Å². The van der Waals surface area contributed by atoms with Crippen LogP contribution < -0.4 is 10.1 Å². The Morgan fingerprint density at radius 2 is 2.27 bits per heavy atom. The molecule has 0 saturated carbocycles. The molecule has 0 aliphatic carbocycles. The standard InChI is InChI=1S/C23H32ClN3O2S/c1-17-7-4-9-26(15-17)10-6-11-27(16-19-8-5-12-29-19)23(30)25-21-13-18(2)20(24)14-22(21)28-3/h5,8,12-14,17H,4,6-7,9-11,15-16H2,1-3H3,(H,25,30). The van der Waals surface area contributed by atoms with Crippen molar-refractivity contribution in [3.63, 3.8) is 0 Å². The average molecular weight is 450 g/mol. The lowest BCUT2D eigenvalue weighted by molar-refractivity contribution is 0.177. The van der Waals surface area contributed by atoms with E-state index in [4.69, 9.17) is 33.0 Å². The Balaban J connectivity index is 1.65. The molecule has 30 heavy (non-hydrogen) atoms. The van der Waals surface area contributed by atoms with Crippen LogP contribution in [0.4, 0.5) is 5.69 Å². The van der Waals surface area contributed by atoms with Crippen molar-refractivity contribution in [3.05, 3.63) is 46.9 Å². The smallest absolute Gasteiger partial charge is 0.173 e. The first-order valence-electron chi connectivity index (χ1n) is 10.6. The summed E-state index contributed by atoms with van der Waals surface area (Å²) in [7, 11) is 1.63. The number of ether oxygens (including phenoxy) is 1. The topological polar surface area (TPSA) is 40.9 Å². The van der Waals surface area contributed by atoms with Crippen LogP contribution in [0.5, 0.6) is 5.75 Å². The number of hydrogen-bond donors (Lipinski definition) is 1. The number of hydrogen-bond acceptors (Lipinski definition) is 4. The molecule has 0 radical (unpaired) electrons. The average Bonchev–Trinajstić information content (AvgIpc) is 3.23. The minimum absolute atomic E-state index is 0.629. The number of thiocarbonyl (C=S) groups is 1. The zero-order chi connectivity index (χ0) is 21.5. The minimum atomic E-state index is 0.629. The van der Waals surface area contributed by atoms with Gasteiger partial charge in [0.15, 0.2) is 5.11 Å². The number of halogens is 1. The van der Waals surface area contributed by atoms with Gasteiger partial charge in [-0.15, -0.1) is 0 Å². The lowest BCUT2D eigenvalue weighted by atomic mass is 10.0. The number of nitrogens with one attached hydrogen (secondary N) is 1. The molecule has 0 amide bonds. The van der Waals surface area contributed by atoms with Gasteiger partial charge in [0.1, 0.15) is 11.5 Å². The molecule has 1 N–H and O–H groups in total. The van der Waals surface area contributed by atoms with Crippen LogP contribution in [0.25, 0.3) is 0 Å². The summed E-state index contributed by atoms with van der Waals surface area (Å²) >= 11 is 12.0. The predicted molar refractivity (Wildman–Crippen MR) is 128 cm³/mol. The van der Waals surface area contributed by atoms with E-state index in [2.05, 4.69) is 22.0 Å². The van der Waals surface area contributed by atoms with Crippen molar-refractivity contribution in [2.45, 2.75) is 39.7 Å². The highest BCUT2D eigenvalue weighted by atomic mass is 35.5. The molecule has 164 valence electrons. The number of nitrogens with zero attached hydrogens (tertiary/aromatic N) is 2. The van der Waals surface area contributed by atoms with E-state index in [1.54, 1.807) is 13.4 Å². The second kappa shape index (κ2) is 11.0. The van der Waals surface area contributed by atoms with E-state index in [9.17, 15) is 0 Å². The highest BCUT2D eigenvalue weighted by molar-refractivity contribution is 7.80. The van der Waals surface area contributed by atoms with Gasteiger partial charge < -0.3 is 24.3 Å². The maximum atomic E-state index is 6.24. The lowest BCUT2D eigenvalue weighted by Crippen LogP contribution is -2.39. The van der Waals surface area contributed by atoms with Gasteiger partial charge >= 0.3 is 0 Å². The Labute approximate surface area is 190 Å². The molecule has 1 saturated heterocycles. The lowest BCUT2D eigenvalue weighted by Gasteiger charge is -2.32. The summed E-state index contributed by atoms with van der Waals surface area (Å²) in [5, 5.41) is 4.68. The van der Waals surface area contributed by atoms with Gasteiger partial charge in [0.25, 0.3) is 0 Å². The van der Waals surface area contributed by atoms with Crippen LogP contribution in [0.1, 0.15) is 37.5 Å². The van der Waals surface area contributed by atoms with Gasteiger partial charge in [0.2, 0.25) is 0 Å². The highest BCUT2D eigenvalue weighted by Crippen LogP contribution is 2.31. The maximum absolute atomic E-state index is 6.24. The summed E-state index contributed by atoms with van der Waals surface area (Å²) in [6.07, 6.45) is 5.39. The normalized spacial score (nSPS) is 17.0. The second-order valence-corrected chi connectivity index (χ2v) is 8.93. The second-order valence-electron chi connectivity index (χ2n) is 8.13. The minimum Gasteiger partial charge on any atom is -0.495 e. The fourth-order valence-corrected chi connectivity index (χ4v) is 4.36. The summed E-state index contributed by atoms with van der Waals surface area (Å²) in [6.45, 7) is 9.28. The van der Waals surface area contributed by atoms with E-state index in [-0.39, 0.29) is 0 Å². The third-order valence-electron chi connectivity index (χ3n) is 5.58. The number of aryl methyl sites for hydroxylation is 1.